The Kier molecular flexibility index (Phi) is 4.55. The molecule has 1 atom stereocenters. The van der Waals surface area contributed by atoms with Gasteiger partial charge in [-0.05, 0) is 37.0 Å². The van der Waals surface area contributed by atoms with Gasteiger partial charge >= 0.3 is 0 Å². The Morgan fingerprint density at radius 2 is 2.11 bits per heavy atom. The quantitative estimate of drug-likeness (QED) is 0.579. The molecule has 1 aromatic carbocycles. The molecule has 1 nitrogen and oxygen atoms in total. The Morgan fingerprint density at radius 1 is 1.33 bits per heavy atom. The van der Waals surface area contributed by atoms with Crippen LogP contribution in [-0.2, 0) is 6.54 Å². The van der Waals surface area contributed by atoms with E-state index in [1.54, 1.807) is 0 Å². The molecule has 2 heteroatoms. The van der Waals surface area contributed by atoms with Crippen molar-refractivity contribution in [3.05, 3.63) is 47.8 Å². The molecular weight excluding hydrogens is 225 g/mol. The smallest absolute Gasteiger partial charge is 0.123 e. The Balaban J connectivity index is 2.06. The zero-order valence-corrected chi connectivity index (χ0v) is 10.5. The third-order valence-corrected chi connectivity index (χ3v) is 3.29. The van der Waals surface area contributed by atoms with E-state index >= 15 is 0 Å². The summed E-state index contributed by atoms with van der Waals surface area (Å²) in [5.41, 5.74) is 1.10. The van der Waals surface area contributed by atoms with Crippen LogP contribution in [0.15, 0.2) is 36.4 Å². The van der Waals surface area contributed by atoms with E-state index in [1.807, 2.05) is 12.1 Å². The Labute approximate surface area is 108 Å². The van der Waals surface area contributed by atoms with Crippen LogP contribution in [0.4, 0.5) is 4.39 Å². The van der Waals surface area contributed by atoms with Crippen LogP contribution in [0.1, 0.15) is 24.8 Å². The van der Waals surface area contributed by atoms with E-state index in [2.05, 4.69) is 23.0 Å². The van der Waals surface area contributed by atoms with Crippen molar-refractivity contribution in [1.29, 1.82) is 0 Å². The van der Waals surface area contributed by atoms with Gasteiger partial charge in [-0.15, -0.1) is 6.42 Å². The van der Waals surface area contributed by atoms with Crippen molar-refractivity contribution in [2.24, 2.45) is 0 Å². The molecule has 1 aliphatic carbocycles. The van der Waals surface area contributed by atoms with Crippen molar-refractivity contribution in [1.82, 2.24) is 4.90 Å². The number of terminal acetylenes is 1. The van der Waals surface area contributed by atoms with Gasteiger partial charge in [-0.1, -0.05) is 30.2 Å². The zero-order valence-electron chi connectivity index (χ0n) is 10.5. The van der Waals surface area contributed by atoms with Crippen LogP contribution in [-0.4, -0.2) is 17.5 Å². The van der Waals surface area contributed by atoms with Crippen LogP contribution in [0.3, 0.4) is 0 Å². The van der Waals surface area contributed by atoms with Gasteiger partial charge in [0.05, 0.1) is 6.54 Å². The first-order chi connectivity index (χ1) is 8.79. The molecule has 0 radical (unpaired) electrons. The number of benzene rings is 1. The predicted molar refractivity (Wildman–Crippen MR) is 72.4 cm³/mol. The summed E-state index contributed by atoms with van der Waals surface area (Å²) in [6.07, 6.45) is 13.4. The normalized spacial score (nSPS) is 18.8. The van der Waals surface area contributed by atoms with Crippen molar-refractivity contribution >= 4 is 0 Å². The maximum Gasteiger partial charge on any atom is 0.123 e. The maximum absolute atomic E-state index is 12.9. The summed E-state index contributed by atoms with van der Waals surface area (Å²) in [5, 5.41) is 0. The summed E-state index contributed by atoms with van der Waals surface area (Å²) in [5.74, 6) is 2.52. The molecule has 0 fully saturated rings. The molecule has 0 N–H and O–H groups in total. The average Bonchev–Trinajstić information content (AvgIpc) is 2.42. The first kappa shape index (κ1) is 12.9. The molecule has 0 heterocycles. The standard InChI is InChI=1S/C16H18FN/c1-2-12-18(16-6-4-3-5-7-16)13-14-8-10-15(17)11-9-14/h1,4,6,8-11,16H,3,5,7,12-13H2. The summed E-state index contributed by atoms with van der Waals surface area (Å²) >= 11 is 0. The van der Waals surface area contributed by atoms with Crippen LogP contribution in [0, 0.1) is 18.2 Å². The van der Waals surface area contributed by atoms with E-state index in [1.165, 1.54) is 18.6 Å². The second kappa shape index (κ2) is 6.37. The van der Waals surface area contributed by atoms with Gasteiger partial charge in [0.25, 0.3) is 0 Å². The fraction of sp³-hybridized carbons (Fsp3) is 0.375. The van der Waals surface area contributed by atoms with Gasteiger partial charge in [0.1, 0.15) is 5.82 Å². The Bertz CT molecular complexity index is 441. The highest BCUT2D eigenvalue weighted by molar-refractivity contribution is 5.17. The Hall–Kier alpha value is -1.59. The van der Waals surface area contributed by atoms with Crippen LogP contribution < -0.4 is 0 Å². The zero-order chi connectivity index (χ0) is 12.8. The molecule has 94 valence electrons. The van der Waals surface area contributed by atoms with Gasteiger partial charge in [-0.3, -0.25) is 4.90 Å². The molecule has 0 bridgehead atoms. The number of halogens is 1. The van der Waals surface area contributed by atoms with Crippen LogP contribution in [0.2, 0.25) is 0 Å². The molecule has 1 aromatic rings. The third-order valence-electron chi connectivity index (χ3n) is 3.29. The molecule has 1 unspecified atom stereocenters. The average molecular weight is 243 g/mol. The van der Waals surface area contributed by atoms with E-state index in [-0.39, 0.29) is 5.82 Å². The van der Waals surface area contributed by atoms with Gasteiger partial charge < -0.3 is 0 Å². The second-order valence-corrected chi connectivity index (χ2v) is 4.66. The van der Waals surface area contributed by atoms with E-state index < -0.39 is 0 Å². The van der Waals surface area contributed by atoms with Crippen LogP contribution in [0.25, 0.3) is 0 Å². The SMILES string of the molecule is C#CCN(Cc1ccc(F)cc1)C1C=CCCC1. The number of rotatable bonds is 4. The van der Waals surface area contributed by atoms with E-state index in [4.69, 9.17) is 6.42 Å². The second-order valence-electron chi connectivity index (χ2n) is 4.66. The largest absolute Gasteiger partial charge is 0.282 e. The van der Waals surface area contributed by atoms with E-state index in [0.29, 0.717) is 12.6 Å². The minimum Gasteiger partial charge on any atom is -0.282 e. The molecule has 0 saturated heterocycles. The minimum absolute atomic E-state index is 0.195. The highest BCUT2D eigenvalue weighted by atomic mass is 19.1. The topological polar surface area (TPSA) is 3.24 Å². The fourth-order valence-electron chi connectivity index (χ4n) is 2.33. The lowest BCUT2D eigenvalue weighted by Crippen LogP contribution is -2.34. The summed E-state index contributed by atoms with van der Waals surface area (Å²) in [4.78, 5) is 2.27. The predicted octanol–water partition coefficient (Wildman–Crippen LogP) is 3.37. The third kappa shape index (κ3) is 3.45. The monoisotopic (exact) mass is 243 g/mol. The maximum atomic E-state index is 12.9. The highest BCUT2D eigenvalue weighted by Gasteiger charge is 2.16. The lowest BCUT2D eigenvalue weighted by atomic mass is 10.0. The van der Waals surface area contributed by atoms with Crippen LogP contribution >= 0.6 is 0 Å². The van der Waals surface area contributed by atoms with E-state index in [9.17, 15) is 4.39 Å². The fourth-order valence-corrected chi connectivity index (χ4v) is 2.33. The van der Waals surface area contributed by atoms with Crippen molar-refractivity contribution in [2.45, 2.75) is 31.8 Å². The minimum atomic E-state index is -0.195. The summed E-state index contributed by atoms with van der Waals surface area (Å²) in [6, 6.07) is 7.07. The first-order valence-electron chi connectivity index (χ1n) is 6.38. The van der Waals surface area contributed by atoms with E-state index in [0.717, 1.165) is 24.9 Å². The number of nitrogens with zero attached hydrogens (tertiary/aromatic N) is 1. The number of hydrogen-bond acceptors (Lipinski definition) is 1. The molecule has 0 aliphatic heterocycles. The van der Waals surface area contributed by atoms with Crippen molar-refractivity contribution in [2.75, 3.05) is 6.54 Å². The molecule has 1 aliphatic rings. The summed E-state index contributed by atoms with van der Waals surface area (Å²) in [7, 11) is 0. The summed E-state index contributed by atoms with van der Waals surface area (Å²) in [6.45, 7) is 1.41. The number of allylic oxidation sites excluding steroid dienone is 1. The lowest BCUT2D eigenvalue weighted by molar-refractivity contribution is 0.231. The molecule has 18 heavy (non-hydrogen) atoms. The summed E-state index contributed by atoms with van der Waals surface area (Å²) < 4.78 is 12.9. The van der Waals surface area contributed by atoms with Gasteiger partial charge in [-0.2, -0.15) is 0 Å². The molecule has 0 amide bonds. The van der Waals surface area contributed by atoms with Gasteiger partial charge in [0, 0.05) is 12.6 Å². The van der Waals surface area contributed by atoms with Gasteiger partial charge in [0.2, 0.25) is 0 Å². The highest BCUT2D eigenvalue weighted by Crippen LogP contribution is 2.18. The number of hydrogen-bond donors (Lipinski definition) is 0. The van der Waals surface area contributed by atoms with Gasteiger partial charge in [-0.25, -0.2) is 4.39 Å². The van der Waals surface area contributed by atoms with Crippen LogP contribution in [0.5, 0.6) is 0 Å². The molecule has 0 spiro atoms. The first-order valence-corrected chi connectivity index (χ1v) is 6.38. The molecule has 0 aromatic heterocycles. The molecule has 2 rings (SSSR count). The molecule has 0 saturated carbocycles. The van der Waals surface area contributed by atoms with Crippen molar-refractivity contribution in [3.8, 4) is 12.3 Å². The Morgan fingerprint density at radius 3 is 2.72 bits per heavy atom. The lowest BCUT2D eigenvalue weighted by Gasteiger charge is -2.29. The molecular formula is C16H18FN. The van der Waals surface area contributed by atoms with Crippen molar-refractivity contribution in [3.63, 3.8) is 0 Å². The van der Waals surface area contributed by atoms with Crippen molar-refractivity contribution < 1.29 is 4.39 Å². The van der Waals surface area contributed by atoms with Gasteiger partial charge in [0.15, 0.2) is 0 Å².